The number of esters is 1. The second-order valence-electron chi connectivity index (χ2n) is 6.46. The molecule has 0 aliphatic carbocycles. The summed E-state index contributed by atoms with van der Waals surface area (Å²) in [5.74, 6) is -3.49. The van der Waals surface area contributed by atoms with Crippen molar-refractivity contribution in [3.63, 3.8) is 0 Å². The molecule has 2 aromatic rings. The van der Waals surface area contributed by atoms with Gasteiger partial charge in [0, 0.05) is 19.8 Å². The number of hydrogen-bond donors (Lipinski definition) is 3. The summed E-state index contributed by atoms with van der Waals surface area (Å²) in [5.41, 5.74) is 1.15. The van der Waals surface area contributed by atoms with Crippen molar-refractivity contribution in [3.8, 4) is 5.75 Å². The number of methoxy groups -OCH3 is 1. The molecule has 0 saturated heterocycles. The Morgan fingerprint density at radius 2 is 1.84 bits per heavy atom. The third-order valence-corrected chi connectivity index (χ3v) is 6.77. The maximum atomic E-state index is 12.7. The fourth-order valence-electron chi connectivity index (χ4n) is 2.73. The van der Waals surface area contributed by atoms with Gasteiger partial charge in [-0.25, -0.2) is 4.79 Å². The Morgan fingerprint density at radius 1 is 1.16 bits per heavy atom. The number of amides is 1. The molecular formula is C21H23ClNO8P. The molecule has 2 rings (SSSR count). The summed E-state index contributed by atoms with van der Waals surface area (Å²) in [6.07, 6.45) is 1.82. The van der Waals surface area contributed by atoms with Crippen LogP contribution in [0, 0.1) is 0 Å². The number of ether oxygens (including phenoxy) is 1. The molecule has 1 amide bonds. The lowest BCUT2D eigenvalue weighted by Gasteiger charge is -2.23. The Bertz CT molecular complexity index is 1060. The molecule has 172 valence electrons. The third kappa shape index (κ3) is 6.11. The van der Waals surface area contributed by atoms with Crippen LogP contribution in [0.4, 0.5) is 0 Å². The normalized spacial score (nSPS) is 12.8. The number of nitrogens with one attached hydrogen (secondary N) is 1. The Balaban J connectivity index is 2.19. The van der Waals surface area contributed by atoms with Crippen LogP contribution >= 0.6 is 19.2 Å². The summed E-state index contributed by atoms with van der Waals surface area (Å²) in [5, 5.41) is 22.0. The highest BCUT2D eigenvalue weighted by Gasteiger charge is 2.42. The number of phenols is 1. The minimum Gasteiger partial charge on any atom is -0.508 e. The number of allylic oxidation sites excluding steroid dienone is 1. The maximum absolute atomic E-state index is 12.7. The largest absolute Gasteiger partial charge is 0.508 e. The van der Waals surface area contributed by atoms with E-state index in [2.05, 4.69) is 10.1 Å². The highest BCUT2D eigenvalue weighted by molar-refractivity contribution is 7.55. The van der Waals surface area contributed by atoms with Crippen LogP contribution in [0.2, 0.25) is 5.02 Å². The van der Waals surface area contributed by atoms with Crippen LogP contribution in [-0.4, -0.2) is 49.2 Å². The number of hydrogen-bond acceptors (Lipinski definition) is 8. The first-order chi connectivity index (χ1) is 15.1. The molecule has 11 heteroatoms. The number of carbonyl (C=O) groups excluding carboxylic acids is 2. The van der Waals surface area contributed by atoms with Gasteiger partial charge in [-0.2, -0.15) is 0 Å². The lowest BCUT2D eigenvalue weighted by molar-refractivity contribution is -0.141. The van der Waals surface area contributed by atoms with Crippen LogP contribution in [-0.2, 0) is 29.6 Å². The van der Waals surface area contributed by atoms with Crippen molar-refractivity contribution in [2.45, 2.75) is 12.2 Å². The molecule has 0 bridgehead atoms. The van der Waals surface area contributed by atoms with Crippen LogP contribution < -0.4 is 5.32 Å². The lowest BCUT2D eigenvalue weighted by atomic mass is 10.1. The van der Waals surface area contributed by atoms with Gasteiger partial charge in [-0.1, -0.05) is 29.8 Å². The minimum atomic E-state index is -4.02. The maximum Gasteiger partial charge on any atom is 0.363 e. The van der Waals surface area contributed by atoms with E-state index in [1.165, 1.54) is 30.3 Å². The third-order valence-electron chi connectivity index (χ3n) is 4.47. The Morgan fingerprint density at radius 3 is 2.41 bits per heavy atom. The predicted octanol–water partition coefficient (Wildman–Crippen LogP) is 3.90. The summed E-state index contributed by atoms with van der Waals surface area (Å²) in [6.45, 7) is 0. The summed E-state index contributed by atoms with van der Waals surface area (Å²) in [4.78, 5) is 24.7. The van der Waals surface area contributed by atoms with Gasteiger partial charge in [-0.3, -0.25) is 9.36 Å². The van der Waals surface area contributed by atoms with Gasteiger partial charge in [-0.05, 0) is 42.3 Å². The molecule has 2 aromatic carbocycles. The van der Waals surface area contributed by atoms with Crippen LogP contribution in [0.3, 0.4) is 0 Å². The Labute approximate surface area is 190 Å². The Kier molecular flexibility index (Phi) is 8.86. The molecule has 3 N–H and O–H groups in total. The standard InChI is InChI=1S/C21H23ClNO8P/c1-29-21(27)20(32(28,30-2)31-3)23-19(26)16-9-7-13(11-17(16)22)8-10-18(25)14-5-4-6-15(24)12-14/h4-7,9-12,20,24-25H,8H2,1-3H3,(H,23,26)/b18-10-. The zero-order valence-corrected chi connectivity index (χ0v) is 19.2. The van der Waals surface area contributed by atoms with Crippen LogP contribution in [0.15, 0.2) is 48.5 Å². The molecule has 1 atom stereocenters. The number of rotatable bonds is 9. The van der Waals surface area contributed by atoms with Gasteiger partial charge < -0.3 is 29.3 Å². The first-order valence-electron chi connectivity index (χ1n) is 9.22. The van der Waals surface area contributed by atoms with E-state index in [-0.39, 0.29) is 28.5 Å². The van der Waals surface area contributed by atoms with Crippen molar-refractivity contribution in [2.24, 2.45) is 0 Å². The average molecular weight is 484 g/mol. The highest BCUT2D eigenvalue weighted by Crippen LogP contribution is 2.50. The van der Waals surface area contributed by atoms with Gasteiger partial charge in [0.1, 0.15) is 11.5 Å². The molecular weight excluding hydrogens is 461 g/mol. The van der Waals surface area contributed by atoms with E-state index < -0.39 is 25.3 Å². The average Bonchev–Trinajstić information content (AvgIpc) is 2.79. The van der Waals surface area contributed by atoms with Crippen LogP contribution in [0.25, 0.3) is 5.76 Å². The summed E-state index contributed by atoms with van der Waals surface area (Å²) >= 11 is 6.23. The number of halogens is 1. The number of benzene rings is 2. The van der Waals surface area contributed by atoms with Gasteiger partial charge in [0.05, 0.1) is 17.7 Å². The second-order valence-corrected chi connectivity index (χ2v) is 9.20. The Hall–Kier alpha value is -2.84. The highest BCUT2D eigenvalue weighted by atomic mass is 35.5. The number of aromatic hydroxyl groups is 1. The van der Waals surface area contributed by atoms with Crippen molar-refractivity contribution in [2.75, 3.05) is 21.3 Å². The van der Waals surface area contributed by atoms with E-state index >= 15 is 0 Å². The van der Waals surface area contributed by atoms with Crippen molar-refractivity contribution < 1.29 is 38.2 Å². The number of aliphatic hydroxyl groups is 1. The molecule has 0 aliphatic rings. The summed E-state index contributed by atoms with van der Waals surface area (Å²) in [7, 11) is -0.798. The van der Waals surface area contributed by atoms with Crippen molar-refractivity contribution >= 4 is 36.8 Å². The molecule has 0 spiro atoms. The fraction of sp³-hybridized carbons (Fsp3) is 0.238. The molecule has 0 saturated carbocycles. The molecule has 9 nitrogen and oxygen atoms in total. The van der Waals surface area contributed by atoms with Gasteiger partial charge in [0.25, 0.3) is 5.91 Å². The predicted molar refractivity (Wildman–Crippen MR) is 119 cm³/mol. The van der Waals surface area contributed by atoms with E-state index in [1.807, 2.05) is 0 Å². The zero-order chi connectivity index (χ0) is 23.9. The molecule has 32 heavy (non-hydrogen) atoms. The first-order valence-corrected chi connectivity index (χ1v) is 11.2. The second kappa shape index (κ2) is 11.2. The topological polar surface area (TPSA) is 131 Å². The quantitative estimate of drug-likeness (QED) is 0.278. The monoisotopic (exact) mass is 483 g/mol. The summed E-state index contributed by atoms with van der Waals surface area (Å²) < 4.78 is 26.8. The van der Waals surface area contributed by atoms with E-state index in [4.69, 9.17) is 20.6 Å². The van der Waals surface area contributed by atoms with Gasteiger partial charge in [-0.15, -0.1) is 0 Å². The van der Waals surface area contributed by atoms with Crippen LogP contribution in [0.5, 0.6) is 5.75 Å². The zero-order valence-electron chi connectivity index (χ0n) is 17.6. The number of aliphatic hydroxyl groups excluding tert-OH is 1. The molecule has 0 aliphatic heterocycles. The summed E-state index contributed by atoms with van der Waals surface area (Å²) in [6, 6.07) is 10.7. The molecule has 0 aromatic heterocycles. The van der Waals surface area contributed by atoms with E-state index in [0.717, 1.165) is 21.3 Å². The molecule has 1 unspecified atom stereocenters. The van der Waals surface area contributed by atoms with E-state index in [0.29, 0.717) is 11.1 Å². The molecule has 0 fully saturated rings. The number of carbonyl (C=O) groups is 2. The van der Waals surface area contributed by atoms with Gasteiger partial charge >= 0.3 is 13.6 Å². The fourth-order valence-corrected chi connectivity index (χ4v) is 4.23. The van der Waals surface area contributed by atoms with E-state index in [1.54, 1.807) is 18.2 Å². The SMILES string of the molecule is COC(=O)C(NC(=O)c1ccc(C/C=C(\O)c2cccc(O)c2)cc1Cl)P(=O)(OC)OC. The number of phenolic OH excluding ortho intramolecular Hbond substituents is 1. The van der Waals surface area contributed by atoms with Crippen molar-refractivity contribution in [3.05, 3.63) is 70.3 Å². The van der Waals surface area contributed by atoms with Crippen molar-refractivity contribution in [1.29, 1.82) is 0 Å². The molecule has 0 radical (unpaired) electrons. The smallest absolute Gasteiger partial charge is 0.363 e. The van der Waals surface area contributed by atoms with Crippen molar-refractivity contribution in [1.82, 2.24) is 5.32 Å². The van der Waals surface area contributed by atoms with Gasteiger partial charge in [0.15, 0.2) is 0 Å². The minimum absolute atomic E-state index is 0.0178. The van der Waals surface area contributed by atoms with E-state index in [9.17, 15) is 24.4 Å². The van der Waals surface area contributed by atoms with Crippen LogP contribution in [0.1, 0.15) is 21.5 Å². The first kappa shape index (κ1) is 25.4. The molecule has 0 heterocycles. The lowest BCUT2D eigenvalue weighted by Crippen LogP contribution is -2.42. The van der Waals surface area contributed by atoms with Gasteiger partial charge in [0.2, 0.25) is 5.78 Å².